The van der Waals surface area contributed by atoms with Gasteiger partial charge in [-0.05, 0) is 91.2 Å². The Hall–Kier alpha value is -4.93. The number of carbonyl (C=O) groups excluding carboxylic acids is 4. The lowest BCUT2D eigenvalue weighted by molar-refractivity contribution is -0.244. The van der Waals surface area contributed by atoms with Gasteiger partial charge in [0.2, 0.25) is 39.0 Å². The number of rotatable bonds is 11. The molecule has 0 spiro atoms. The topological polar surface area (TPSA) is 204 Å². The van der Waals surface area contributed by atoms with E-state index in [2.05, 4.69) is 25.3 Å². The highest BCUT2D eigenvalue weighted by Crippen LogP contribution is 2.48. The summed E-state index contributed by atoms with van der Waals surface area (Å²) in [5, 5.41) is 4.90. The van der Waals surface area contributed by atoms with E-state index in [0.29, 0.717) is 39.5 Å². The van der Waals surface area contributed by atoms with E-state index in [1.807, 2.05) is 6.92 Å². The summed E-state index contributed by atoms with van der Waals surface area (Å²) in [6.45, 7) is 7.10. The maximum Gasteiger partial charge on any atom is 0.438 e. The first-order valence-electron chi connectivity index (χ1n) is 21.2. The number of benzene rings is 1. The van der Waals surface area contributed by atoms with Crippen LogP contribution >= 0.6 is 0 Å². The number of hydrogen-bond donors (Lipinski definition) is 3. The summed E-state index contributed by atoms with van der Waals surface area (Å²) < 4.78 is 135. The number of nitrogens with one attached hydrogen (secondary N) is 3. The number of methoxy groups -OCH3 is 1. The maximum absolute atomic E-state index is 15.0. The van der Waals surface area contributed by atoms with E-state index in [1.165, 1.54) is 32.2 Å². The molecule has 4 aliphatic rings. The Balaban J connectivity index is 1.42. The van der Waals surface area contributed by atoms with Gasteiger partial charge in [-0.15, -0.1) is 0 Å². The third-order valence-electron chi connectivity index (χ3n) is 12.3. The SMILES string of the molecule is COCC1CC(C)CCC=CC2CC2(C(=O)NS(=O)(=O)C2(C)CC2)NC(=O)C2CC(Oc3nc4cc(OC(C)C)ccc4nc3C(F)(F)F)CN2C(=O)C1NC(=O)OC(C)(C)C(F)(F)F. The van der Waals surface area contributed by atoms with Crippen LogP contribution in [-0.4, -0.2) is 114 Å². The van der Waals surface area contributed by atoms with Gasteiger partial charge in [0, 0.05) is 31.4 Å². The molecule has 3 heterocycles. The van der Waals surface area contributed by atoms with Crippen molar-refractivity contribution in [3.63, 3.8) is 0 Å². The van der Waals surface area contributed by atoms with Gasteiger partial charge in [-0.3, -0.25) is 19.1 Å². The fourth-order valence-corrected chi connectivity index (χ4v) is 9.34. The van der Waals surface area contributed by atoms with E-state index >= 15 is 0 Å². The molecule has 0 radical (unpaired) electrons. The van der Waals surface area contributed by atoms with E-state index in [4.69, 9.17) is 18.9 Å². The maximum atomic E-state index is 15.0. The zero-order valence-electron chi connectivity index (χ0n) is 36.9. The molecule has 7 atom stereocenters. The highest BCUT2D eigenvalue weighted by Gasteiger charge is 2.63. The van der Waals surface area contributed by atoms with Crippen LogP contribution in [0.4, 0.5) is 31.1 Å². The largest absolute Gasteiger partial charge is 0.491 e. The number of alkyl halides is 6. The number of sulfonamides is 1. The third-order valence-corrected chi connectivity index (χ3v) is 14.4. The van der Waals surface area contributed by atoms with Crippen molar-refractivity contribution < 1.29 is 72.9 Å². The quantitative estimate of drug-likeness (QED) is 0.183. The second-order valence-corrected chi connectivity index (χ2v) is 20.6. The first-order chi connectivity index (χ1) is 30.1. The zero-order chi connectivity index (χ0) is 48.1. The lowest BCUT2D eigenvalue weighted by atomic mass is 9.87. The lowest BCUT2D eigenvalue weighted by Gasteiger charge is -2.35. The van der Waals surface area contributed by atoms with Gasteiger partial charge < -0.3 is 34.5 Å². The van der Waals surface area contributed by atoms with E-state index in [0.717, 1.165) is 4.90 Å². The second-order valence-electron chi connectivity index (χ2n) is 18.4. The summed E-state index contributed by atoms with van der Waals surface area (Å²) in [4.78, 5) is 65.7. The minimum absolute atomic E-state index is 0.0471. The fraction of sp³-hybridized carbons (Fsp3) is 0.667. The summed E-state index contributed by atoms with van der Waals surface area (Å²) in [6, 6.07) is 0.631. The molecule has 3 N–H and O–H groups in total. The molecule has 7 unspecified atom stereocenters. The van der Waals surface area contributed by atoms with Gasteiger partial charge in [0.05, 0.1) is 35.0 Å². The smallest absolute Gasteiger partial charge is 0.438 e. The Bertz CT molecular complexity index is 2310. The van der Waals surface area contributed by atoms with Crippen molar-refractivity contribution in [1.29, 1.82) is 0 Å². The van der Waals surface area contributed by atoms with Crippen molar-refractivity contribution in [3.8, 4) is 11.6 Å². The molecule has 1 aromatic heterocycles. The van der Waals surface area contributed by atoms with E-state index in [9.17, 15) is 53.9 Å². The van der Waals surface area contributed by atoms with Crippen LogP contribution in [0.2, 0.25) is 0 Å². The Morgan fingerprint density at radius 3 is 2.35 bits per heavy atom. The first kappa shape index (κ1) is 49.5. The van der Waals surface area contributed by atoms with E-state index in [1.54, 1.807) is 26.0 Å². The molecule has 360 valence electrons. The first-order valence-corrected chi connectivity index (χ1v) is 22.7. The van der Waals surface area contributed by atoms with E-state index in [-0.39, 0.29) is 48.3 Å². The van der Waals surface area contributed by atoms with Crippen LogP contribution in [-0.2, 0) is 40.1 Å². The van der Waals surface area contributed by atoms with Crippen LogP contribution in [0.5, 0.6) is 11.6 Å². The number of hydrogen-bond acceptors (Lipinski definition) is 12. The molecule has 2 aliphatic heterocycles. The van der Waals surface area contributed by atoms with Crippen LogP contribution in [0.1, 0.15) is 92.2 Å². The van der Waals surface area contributed by atoms with Crippen molar-refractivity contribution in [2.75, 3.05) is 20.3 Å². The normalized spacial score (nSPS) is 27.4. The molecule has 0 bridgehead atoms. The molecule has 6 rings (SSSR count). The monoisotopic (exact) mass is 948 g/mol. The molecule has 4 amide bonds. The Kier molecular flexibility index (Phi) is 13.7. The number of aromatic nitrogens is 2. The predicted octanol–water partition coefficient (Wildman–Crippen LogP) is 5.73. The number of ether oxygens (including phenoxy) is 4. The van der Waals surface area contributed by atoms with Crippen molar-refractivity contribution in [2.45, 2.75) is 139 Å². The number of alkyl carbamates (subject to hydrolysis) is 1. The van der Waals surface area contributed by atoms with Crippen LogP contribution < -0.4 is 24.8 Å². The summed E-state index contributed by atoms with van der Waals surface area (Å²) in [5.41, 5.74) is -6.59. The van der Waals surface area contributed by atoms with Crippen LogP contribution in [0.15, 0.2) is 30.4 Å². The van der Waals surface area contributed by atoms with Gasteiger partial charge in [0.25, 0.3) is 5.91 Å². The highest BCUT2D eigenvalue weighted by molar-refractivity contribution is 7.91. The Labute approximate surface area is 372 Å². The van der Waals surface area contributed by atoms with Gasteiger partial charge in [-0.2, -0.15) is 26.3 Å². The molecule has 16 nitrogen and oxygen atoms in total. The predicted molar refractivity (Wildman–Crippen MR) is 220 cm³/mol. The van der Waals surface area contributed by atoms with Gasteiger partial charge in [0.15, 0.2) is 0 Å². The molecule has 2 saturated carbocycles. The highest BCUT2D eigenvalue weighted by atomic mass is 32.2. The average Bonchev–Trinajstić information content (AvgIpc) is 4.06. The van der Waals surface area contributed by atoms with Crippen LogP contribution in [0, 0.1) is 17.8 Å². The molecule has 1 saturated heterocycles. The number of fused-ring (bicyclic) bond motifs is 3. The summed E-state index contributed by atoms with van der Waals surface area (Å²) in [6.07, 6.45) is -9.09. The molecule has 2 aliphatic carbocycles. The van der Waals surface area contributed by atoms with Crippen LogP contribution in [0.3, 0.4) is 0 Å². The molecular weight excluding hydrogens is 895 g/mol. The van der Waals surface area contributed by atoms with Gasteiger partial charge in [-0.25, -0.2) is 23.2 Å². The van der Waals surface area contributed by atoms with Crippen molar-refractivity contribution in [3.05, 3.63) is 36.0 Å². The standard InChI is InChI=1S/C42H54F6N6O10S/c1-22(2)62-26-12-13-28-29(17-26)50-34(32(49-28)41(43,44)45)63-27-18-30-33(55)52-40(36(57)53-65(59,60)39(6)14-15-39)19-25(40)11-9-8-10-23(3)16-24(21-61-7)31(35(56)54(30)20-27)51-37(58)64-38(4,5)42(46,47)48/h9,11-13,17,22-25,27,30-31H,8,10,14-16,18-21H2,1-7H3,(H,51,58)(H,52,55)(H,53,57). The lowest BCUT2D eigenvalue weighted by Crippen LogP contribution is -2.60. The summed E-state index contributed by atoms with van der Waals surface area (Å²) >= 11 is 0. The van der Waals surface area contributed by atoms with Gasteiger partial charge in [0.1, 0.15) is 29.5 Å². The number of nitrogens with zero attached hydrogens (tertiary/aromatic N) is 3. The summed E-state index contributed by atoms with van der Waals surface area (Å²) in [7, 11) is -2.91. The average molecular weight is 949 g/mol. The second kappa shape index (κ2) is 18.0. The number of carbonyl (C=O) groups is 4. The van der Waals surface area contributed by atoms with Gasteiger partial charge >= 0.3 is 18.4 Å². The number of allylic oxidation sites excluding steroid dienone is 1. The van der Waals surface area contributed by atoms with Crippen molar-refractivity contribution in [2.24, 2.45) is 17.8 Å². The molecule has 2 aromatic rings. The van der Waals surface area contributed by atoms with Crippen molar-refractivity contribution in [1.82, 2.24) is 30.2 Å². The molecule has 1 aromatic carbocycles. The Morgan fingerprint density at radius 1 is 1.05 bits per heavy atom. The molecular formula is C42H54F6N6O10S. The fourth-order valence-electron chi connectivity index (χ4n) is 8.03. The minimum Gasteiger partial charge on any atom is -0.491 e. The van der Waals surface area contributed by atoms with Crippen molar-refractivity contribution >= 4 is 44.9 Å². The Morgan fingerprint density at radius 2 is 1.74 bits per heavy atom. The molecule has 3 fully saturated rings. The van der Waals surface area contributed by atoms with Crippen LogP contribution in [0.25, 0.3) is 11.0 Å². The molecule has 23 heteroatoms. The molecule has 65 heavy (non-hydrogen) atoms. The third kappa shape index (κ3) is 10.9. The van der Waals surface area contributed by atoms with Gasteiger partial charge in [-0.1, -0.05) is 19.1 Å². The zero-order valence-corrected chi connectivity index (χ0v) is 37.7. The minimum atomic E-state index is -5.12. The van der Waals surface area contributed by atoms with E-state index < -0.39 is 117 Å². The number of halogens is 6. The number of amides is 4. The summed E-state index contributed by atoms with van der Waals surface area (Å²) in [5.74, 6) is -5.78.